The number of hydrogen-bond donors (Lipinski definition) is 1. The predicted octanol–water partition coefficient (Wildman–Crippen LogP) is 2.00. The molecule has 0 atom stereocenters. The fraction of sp³-hybridized carbons (Fsp3) is 0.556. The van der Waals surface area contributed by atoms with Crippen LogP contribution in [0.1, 0.15) is 25.5 Å². The Morgan fingerprint density at radius 3 is 2.92 bits per heavy atom. The second-order valence-corrected chi connectivity index (χ2v) is 2.84. The molecule has 0 aliphatic carbocycles. The monoisotopic (exact) mass is 183 g/mol. The summed E-state index contributed by atoms with van der Waals surface area (Å²) in [5, 5.41) is 2.78. The lowest BCUT2D eigenvalue weighted by molar-refractivity contribution is 0.584. The van der Waals surface area contributed by atoms with Crippen molar-refractivity contribution in [1.29, 1.82) is 0 Å². The second kappa shape index (κ2) is 4.74. The summed E-state index contributed by atoms with van der Waals surface area (Å²) in [4.78, 5) is 7.80. The van der Waals surface area contributed by atoms with Gasteiger partial charge in [-0.05, 0) is 12.8 Å². The van der Waals surface area contributed by atoms with E-state index >= 15 is 0 Å². The Kier molecular flexibility index (Phi) is 3.61. The van der Waals surface area contributed by atoms with Gasteiger partial charge in [-0.25, -0.2) is 14.4 Å². The van der Waals surface area contributed by atoms with Crippen molar-refractivity contribution in [2.45, 2.75) is 26.2 Å². The molecule has 0 fully saturated rings. The number of aromatic nitrogens is 2. The molecule has 0 saturated heterocycles. The molecule has 1 aromatic heterocycles. The smallest absolute Gasteiger partial charge is 0.222 e. The van der Waals surface area contributed by atoms with E-state index in [1.165, 1.54) is 6.20 Å². The lowest BCUT2D eigenvalue weighted by Crippen LogP contribution is -2.02. The molecule has 13 heavy (non-hydrogen) atoms. The highest BCUT2D eigenvalue weighted by Crippen LogP contribution is 2.08. The van der Waals surface area contributed by atoms with Crippen molar-refractivity contribution in [2.24, 2.45) is 0 Å². The zero-order valence-electron chi connectivity index (χ0n) is 7.97. The predicted molar refractivity (Wildman–Crippen MR) is 50.1 cm³/mol. The minimum Gasteiger partial charge on any atom is -0.357 e. The number of unbranched alkanes of at least 4 members (excludes halogenated alkanes) is 1. The maximum atomic E-state index is 13.1. The molecule has 0 amide bonds. The van der Waals surface area contributed by atoms with Crippen molar-refractivity contribution in [3.63, 3.8) is 0 Å². The molecule has 0 aliphatic heterocycles. The molecule has 0 spiro atoms. The van der Waals surface area contributed by atoms with Crippen LogP contribution in [0.15, 0.2) is 6.20 Å². The van der Waals surface area contributed by atoms with E-state index in [0.717, 1.165) is 12.8 Å². The fourth-order valence-electron chi connectivity index (χ4n) is 1.04. The van der Waals surface area contributed by atoms with Crippen LogP contribution in [0.3, 0.4) is 0 Å². The van der Waals surface area contributed by atoms with Crippen LogP contribution in [0.2, 0.25) is 0 Å². The molecular formula is C9H14FN3. The van der Waals surface area contributed by atoms with Gasteiger partial charge in [0.1, 0.15) is 0 Å². The van der Waals surface area contributed by atoms with Gasteiger partial charge in [0.25, 0.3) is 0 Å². The van der Waals surface area contributed by atoms with E-state index in [2.05, 4.69) is 22.2 Å². The summed E-state index contributed by atoms with van der Waals surface area (Å²) < 4.78 is 13.1. The van der Waals surface area contributed by atoms with Gasteiger partial charge in [-0.1, -0.05) is 13.3 Å². The van der Waals surface area contributed by atoms with Crippen molar-refractivity contribution >= 4 is 5.95 Å². The lowest BCUT2D eigenvalue weighted by Gasteiger charge is -2.03. The van der Waals surface area contributed by atoms with E-state index in [1.807, 2.05) is 0 Å². The first kappa shape index (κ1) is 9.89. The number of halogens is 1. The highest BCUT2D eigenvalue weighted by molar-refractivity contribution is 5.24. The number of rotatable bonds is 4. The largest absolute Gasteiger partial charge is 0.357 e. The maximum absolute atomic E-state index is 13.1. The first-order chi connectivity index (χ1) is 6.27. The third kappa shape index (κ3) is 2.65. The molecule has 0 saturated carbocycles. The van der Waals surface area contributed by atoms with E-state index in [0.29, 0.717) is 18.1 Å². The number of hydrogen-bond acceptors (Lipinski definition) is 3. The van der Waals surface area contributed by atoms with Crippen LogP contribution >= 0.6 is 0 Å². The molecule has 0 aliphatic rings. The van der Waals surface area contributed by atoms with Crippen molar-refractivity contribution in [1.82, 2.24) is 9.97 Å². The maximum Gasteiger partial charge on any atom is 0.222 e. The molecule has 1 heterocycles. The minimum atomic E-state index is -0.313. The van der Waals surface area contributed by atoms with Gasteiger partial charge in [-0.2, -0.15) is 0 Å². The quantitative estimate of drug-likeness (QED) is 0.775. The number of nitrogens with zero attached hydrogens (tertiary/aromatic N) is 2. The van der Waals surface area contributed by atoms with Gasteiger partial charge in [0.2, 0.25) is 5.95 Å². The molecule has 1 rings (SSSR count). The Morgan fingerprint density at radius 1 is 1.54 bits per heavy atom. The van der Waals surface area contributed by atoms with E-state index < -0.39 is 0 Å². The Balaban J connectivity index is 2.78. The van der Waals surface area contributed by atoms with Gasteiger partial charge in [0.15, 0.2) is 5.82 Å². The molecule has 0 unspecified atom stereocenters. The van der Waals surface area contributed by atoms with Crippen LogP contribution in [-0.4, -0.2) is 17.0 Å². The van der Waals surface area contributed by atoms with Gasteiger partial charge < -0.3 is 5.32 Å². The van der Waals surface area contributed by atoms with Crippen molar-refractivity contribution in [3.8, 4) is 0 Å². The molecule has 4 heteroatoms. The summed E-state index contributed by atoms with van der Waals surface area (Å²) in [6.07, 6.45) is 3.89. The van der Waals surface area contributed by atoms with Gasteiger partial charge in [-0.15, -0.1) is 0 Å². The van der Waals surface area contributed by atoms with Gasteiger partial charge in [0.05, 0.1) is 11.9 Å². The van der Waals surface area contributed by atoms with Crippen molar-refractivity contribution < 1.29 is 4.39 Å². The first-order valence-corrected chi connectivity index (χ1v) is 4.47. The lowest BCUT2D eigenvalue weighted by atomic mass is 10.2. The zero-order valence-corrected chi connectivity index (χ0v) is 7.97. The van der Waals surface area contributed by atoms with Crippen LogP contribution in [0, 0.1) is 5.82 Å². The van der Waals surface area contributed by atoms with Crippen molar-refractivity contribution in [2.75, 3.05) is 12.4 Å². The average Bonchev–Trinajstić information content (AvgIpc) is 2.17. The highest BCUT2D eigenvalue weighted by atomic mass is 19.1. The summed E-state index contributed by atoms with van der Waals surface area (Å²) in [5.41, 5.74) is 0.501. The van der Waals surface area contributed by atoms with Gasteiger partial charge in [0, 0.05) is 7.05 Å². The summed E-state index contributed by atoms with van der Waals surface area (Å²) in [5.74, 6) is 0.167. The normalized spacial score (nSPS) is 10.1. The van der Waals surface area contributed by atoms with E-state index in [4.69, 9.17) is 0 Å². The Bertz CT molecular complexity index is 276. The van der Waals surface area contributed by atoms with Crippen LogP contribution in [-0.2, 0) is 6.42 Å². The summed E-state index contributed by atoms with van der Waals surface area (Å²) >= 11 is 0. The fourth-order valence-corrected chi connectivity index (χ4v) is 1.04. The van der Waals surface area contributed by atoms with Gasteiger partial charge in [-0.3, -0.25) is 0 Å². The van der Waals surface area contributed by atoms with Crippen LogP contribution in [0.5, 0.6) is 0 Å². The molecule has 0 radical (unpaired) electrons. The molecule has 0 aromatic carbocycles. The third-order valence-electron chi connectivity index (χ3n) is 1.81. The molecule has 72 valence electrons. The second-order valence-electron chi connectivity index (χ2n) is 2.84. The van der Waals surface area contributed by atoms with Crippen LogP contribution in [0.4, 0.5) is 10.3 Å². The average molecular weight is 183 g/mol. The summed E-state index contributed by atoms with van der Waals surface area (Å²) in [6.45, 7) is 2.07. The first-order valence-electron chi connectivity index (χ1n) is 4.47. The number of nitrogens with one attached hydrogen (secondary N) is 1. The summed E-state index contributed by atoms with van der Waals surface area (Å²) in [6, 6.07) is 0. The Labute approximate surface area is 77.4 Å². The van der Waals surface area contributed by atoms with Crippen LogP contribution in [0.25, 0.3) is 0 Å². The van der Waals surface area contributed by atoms with E-state index in [9.17, 15) is 4.39 Å². The summed E-state index contributed by atoms with van der Waals surface area (Å²) in [7, 11) is 1.72. The number of anilines is 1. The topological polar surface area (TPSA) is 37.8 Å². The SMILES string of the molecule is CCCCc1nc(NC)ncc1F. The van der Waals surface area contributed by atoms with Crippen LogP contribution < -0.4 is 5.32 Å². The Hall–Kier alpha value is -1.19. The Morgan fingerprint density at radius 2 is 2.31 bits per heavy atom. The van der Waals surface area contributed by atoms with E-state index in [1.54, 1.807) is 7.05 Å². The zero-order chi connectivity index (χ0) is 9.68. The third-order valence-corrected chi connectivity index (χ3v) is 1.81. The standard InChI is InChI=1S/C9H14FN3/c1-3-4-5-8-7(10)6-12-9(11-2)13-8/h6H,3-5H2,1-2H3,(H,11,12,13). The molecule has 3 nitrogen and oxygen atoms in total. The minimum absolute atomic E-state index is 0.313. The molecule has 0 bridgehead atoms. The molecule has 1 N–H and O–H groups in total. The van der Waals surface area contributed by atoms with Crippen molar-refractivity contribution in [3.05, 3.63) is 17.7 Å². The van der Waals surface area contributed by atoms with E-state index in [-0.39, 0.29) is 5.82 Å². The molecular weight excluding hydrogens is 169 g/mol. The number of aryl methyl sites for hydroxylation is 1. The highest BCUT2D eigenvalue weighted by Gasteiger charge is 2.04. The van der Waals surface area contributed by atoms with Gasteiger partial charge >= 0.3 is 0 Å². The molecule has 1 aromatic rings.